The molecule has 0 saturated carbocycles. The smallest absolute Gasteiger partial charge is 0.266 e. The first-order chi connectivity index (χ1) is 6.77. The highest BCUT2D eigenvalue weighted by Crippen LogP contribution is 2.14. The van der Waals surface area contributed by atoms with E-state index < -0.39 is 0 Å². The lowest BCUT2D eigenvalue weighted by molar-refractivity contribution is 0.195. The molecule has 5 nitrogen and oxygen atoms in total. The number of halogens is 1. The first kappa shape index (κ1) is 9.91. The first-order valence-corrected chi connectivity index (χ1v) is 5.42. The van der Waals surface area contributed by atoms with Crippen LogP contribution in [-0.2, 0) is 4.74 Å². The third-order valence-corrected chi connectivity index (χ3v) is 3.07. The molecule has 1 saturated heterocycles. The summed E-state index contributed by atoms with van der Waals surface area (Å²) in [4.78, 5) is 17.8. The maximum absolute atomic E-state index is 11.2. The van der Waals surface area contributed by atoms with Gasteiger partial charge in [0, 0.05) is 6.61 Å². The summed E-state index contributed by atoms with van der Waals surface area (Å²) in [6.07, 6.45) is 2.37. The van der Waals surface area contributed by atoms with Gasteiger partial charge in [-0.3, -0.25) is 4.79 Å². The summed E-state index contributed by atoms with van der Waals surface area (Å²) < 4.78 is 5.82. The van der Waals surface area contributed by atoms with E-state index in [0.29, 0.717) is 16.0 Å². The van der Waals surface area contributed by atoms with Gasteiger partial charge in [0.2, 0.25) is 0 Å². The Morgan fingerprint density at radius 3 is 3.29 bits per heavy atom. The first-order valence-electron chi connectivity index (χ1n) is 4.35. The minimum atomic E-state index is -0.109. The van der Waals surface area contributed by atoms with E-state index in [2.05, 4.69) is 15.3 Å². The lowest BCUT2D eigenvalue weighted by Gasteiger charge is -2.11. The summed E-state index contributed by atoms with van der Waals surface area (Å²) in [6, 6.07) is 0.276. The van der Waals surface area contributed by atoms with Gasteiger partial charge in [-0.1, -0.05) is 0 Å². The van der Waals surface area contributed by atoms with Crippen LogP contribution in [0.25, 0.3) is 0 Å². The molecule has 0 aliphatic carbocycles. The Morgan fingerprint density at radius 2 is 2.57 bits per heavy atom. The molecule has 0 bridgehead atoms. The van der Waals surface area contributed by atoms with Crippen LogP contribution in [-0.4, -0.2) is 29.2 Å². The number of aromatic amines is 1. The Kier molecular flexibility index (Phi) is 3.02. The predicted molar refractivity (Wildman–Crippen MR) is 60.4 cm³/mol. The van der Waals surface area contributed by atoms with Crippen molar-refractivity contribution in [3.05, 3.63) is 20.3 Å². The van der Waals surface area contributed by atoms with E-state index in [9.17, 15) is 4.79 Å². The number of H-pyrrole nitrogens is 1. The molecule has 0 aromatic carbocycles. The summed E-state index contributed by atoms with van der Waals surface area (Å²) in [7, 11) is 0. The molecule has 14 heavy (non-hydrogen) atoms. The molecular formula is C8H10IN3O2. The van der Waals surface area contributed by atoms with Gasteiger partial charge in [-0.05, 0) is 29.0 Å². The molecule has 1 unspecified atom stereocenters. The van der Waals surface area contributed by atoms with E-state index in [1.54, 1.807) is 0 Å². The Balaban J connectivity index is 2.15. The van der Waals surface area contributed by atoms with Gasteiger partial charge in [-0.15, -0.1) is 0 Å². The van der Waals surface area contributed by atoms with E-state index in [0.717, 1.165) is 13.0 Å². The van der Waals surface area contributed by atoms with Crippen molar-refractivity contribution in [3.8, 4) is 0 Å². The van der Waals surface area contributed by atoms with Gasteiger partial charge >= 0.3 is 0 Å². The molecule has 1 aromatic rings. The zero-order valence-corrected chi connectivity index (χ0v) is 9.58. The fourth-order valence-corrected chi connectivity index (χ4v) is 1.78. The normalized spacial score (nSPS) is 21.1. The van der Waals surface area contributed by atoms with Crippen LogP contribution in [0.3, 0.4) is 0 Å². The Hall–Kier alpha value is -0.630. The number of aromatic nitrogens is 2. The summed E-state index contributed by atoms with van der Waals surface area (Å²) in [6.45, 7) is 1.46. The molecule has 1 fully saturated rings. The molecule has 2 N–H and O–H groups in total. The van der Waals surface area contributed by atoms with Crippen molar-refractivity contribution in [3.63, 3.8) is 0 Å². The largest absolute Gasteiger partial charge is 0.379 e. The molecule has 2 rings (SSSR count). The number of anilines is 1. The highest BCUT2D eigenvalue weighted by molar-refractivity contribution is 14.1. The highest BCUT2D eigenvalue weighted by atomic mass is 127. The zero-order chi connectivity index (χ0) is 9.97. The predicted octanol–water partition coefficient (Wildman–Crippen LogP) is 0.575. The Morgan fingerprint density at radius 1 is 1.71 bits per heavy atom. The van der Waals surface area contributed by atoms with Gasteiger partial charge in [0.25, 0.3) is 5.56 Å². The summed E-state index contributed by atoms with van der Waals surface area (Å²) in [5.74, 6) is 0.643. The van der Waals surface area contributed by atoms with Crippen LogP contribution in [0.4, 0.5) is 5.82 Å². The molecule has 2 heterocycles. The maximum atomic E-state index is 11.2. The lowest BCUT2D eigenvalue weighted by atomic mass is 10.2. The van der Waals surface area contributed by atoms with Gasteiger partial charge < -0.3 is 15.0 Å². The van der Waals surface area contributed by atoms with Crippen LogP contribution in [0.2, 0.25) is 0 Å². The fraction of sp³-hybridized carbons (Fsp3) is 0.500. The third-order valence-electron chi connectivity index (χ3n) is 2.07. The van der Waals surface area contributed by atoms with Crippen molar-refractivity contribution in [2.75, 3.05) is 18.5 Å². The molecule has 0 amide bonds. The quantitative estimate of drug-likeness (QED) is 0.784. The summed E-state index contributed by atoms with van der Waals surface area (Å²) >= 11 is 1.98. The summed E-state index contributed by atoms with van der Waals surface area (Å²) in [5, 5.41) is 3.19. The molecule has 1 aliphatic heterocycles. The molecule has 76 valence electrons. The van der Waals surface area contributed by atoms with Gasteiger partial charge in [0.15, 0.2) is 0 Å². The average molecular weight is 307 g/mol. The lowest BCUT2D eigenvalue weighted by Crippen LogP contribution is -2.23. The maximum Gasteiger partial charge on any atom is 0.266 e. The van der Waals surface area contributed by atoms with Crippen LogP contribution in [0.15, 0.2) is 11.1 Å². The number of hydrogen-bond donors (Lipinski definition) is 2. The van der Waals surface area contributed by atoms with Crippen LogP contribution >= 0.6 is 22.6 Å². The van der Waals surface area contributed by atoms with Crippen molar-refractivity contribution in [2.24, 2.45) is 0 Å². The van der Waals surface area contributed by atoms with E-state index >= 15 is 0 Å². The van der Waals surface area contributed by atoms with Crippen LogP contribution in [0, 0.1) is 3.57 Å². The Bertz CT molecular complexity index is 373. The van der Waals surface area contributed by atoms with E-state index in [1.165, 1.54) is 6.33 Å². The third kappa shape index (κ3) is 2.06. The SMILES string of the molecule is O=c1[nH]cnc(NC2CCOC2)c1I. The molecule has 1 atom stereocenters. The standard InChI is InChI=1S/C8H10IN3O2/c9-6-7(10-4-11-8(6)13)12-5-1-2-14-3-5/h4-5H,1-3H2,(H2,10,11,12,13). The molecular weight excluding hydrogens is 297 g/mol. The highest BCUT2D eigenvalue weighted by Gasteiger charge is 2.17. The molecule has 1 aromatic heterocycles. The van der Waals surface area contributed by atoms with Crippen molar-refractivity contribution >= 4 is 28.4 Å². The molecule has 1 aliphatic rings. The van der Waals surface area contributed by atoms with Crippen molar-refractivity contribution < 1.29 is 4.74 Å². The second-order valence-electron chi connectivity index (χ2n) is 3.10. The molecule has 6 heteroatoms. The minimum Gasteiger partial charge on any atom is -0.379 e. The average Bonchev–Trinajstić information content (AvgIpc) is 2.66. The number of hydrogen-bond acceptors (Lipinski definition) is 4. The van der Waals surface area contributed by atoms with Gasteiger partial charge in [-0.25, -0.2) is 4.98 Å². The van der Waals surface area contributed by atoms with Gasteiger partial charge in [-0.2, -0.15) is 0 Å². The summed E-state index contributed by atoms with van der Waals surface area (Å²) in [5.41, 5.74) is -0.109. The number of nitrogens with one attached hydrogen (secondary N) is 2. The van der Waals surface area contributed by atoms with Crippen LogP contribution < -0.4 is 10.9 Å². The van der Waals surface area contributed by atoms with E-state index in [4.69, 9.17) is 4.74 Å². The van der Waals surface area contributed by atoms with Crippen molar-refractivity contribution in [2.45, 2.75) is 12.5 Å². The number of ether oxygens (including phenoxy) is 1. The second kappa shape index (κ2) is 4.26. The minimum absolute atomic E-state index is 0.109. The van der Waals surface area contributed by atoms with Crippen molar-refractivity contribution in [1.82, 2.24) is 9.97 Å². The fourth-order valence-electron chi connectivity index (χ4n) is 1.33. The zero-order valence-electron chi connectivity index (χ0n) is 7.42. The monoisotopic (exact) mass is 307 g/mol. The second-order valence-corrected chi connectivity index (χ2v) is 4.18. The van der Waals surface area contributed by atoms with Gasteiger partial charge in [0.1, 0.15) is 9.39 Å². The van der Waals surface area contributed by atoms with Gasteiger partial charge in [0.05, 0.1) is 19.0 Å². The van der Waals surface area contributed by atoms with E-state index in [1.807, 2.05) is 22.6 Å². The van der Waals surface area contributed by atoms with Crippen molar-refractivity contribution in [1.29, 1.82) is 0 Å². The topological polar surface area (TPSA) is 67.0 Å². The molecule has 0 radical (unpaired) electrons. The number of rotatable bonds is 2. The number of nitrogens with zero attached hydrogens (tertiary/aromatic N) is 1. The van der Waals surface area contributed by atoms with Crippen LogP contribution in [0.1, 0.15) is 6.42 Å². The van der Waals surface area contributed by atoms with Crippen LogP contribution in [0.5, 0.6) is 0 Å². The Labute approximate surface area is 94.4 Å². The van der Waals surface area contributed by atoms with E-state index in [-0.39, 0.29) is 11.6 Å². The molecule has 0 spiro atoms.